The Bertz CT molecular complexity index is 393. The minimum Gasteiger partial charge on any atom is -0.481 e. The lowest BCUT2D eigenvalue weighted by molar-refractivity contribution is -0.137. The molecule has 0 radical (unpaired) electrons. The van der Waals surface area contributed by atoms with Crippen LogP contribution in [0, 0.1) is 18.8 Å². The summed E-state index contributed by atoms with van der Waals surface area (Å²) in [4.78, 5) is 10.7. The van der Waals surface area contributed by atoms with E-state index in [-0.39, 0.29) is 12.3 Å². The van der Waals surface area contributed by atoms with Gasteiger partial charge in [-0.05, 0) is 19.4 Å². The van der Waals surface area contributed by atoms with Crippen molar-refractivity contribution in [2.45, 2.75) is 26.2 Å². The fourth-order valence-electron chi connectivity index (χ4n) is 1.40. The van der Waals surface area contributed by atoms with E-state index in [1.165, 1.54) is 0 Å². The smallest absolute Gasteiger partial charge is 0.304 e. The fourth-order valence-corrected chi connectivity index (χ4v) is 1.40. The van der Waals surface area contributed by atoms with Gasteiger partial charge in [0.1, 0.15) is 0 Å². The highest BCUT2D eigenvalue weighted by atomic mass is 16.4. The summed E-state index contributed by atoms with van der Waals surface area (Å²) in [6.45, 7) is 3.73. The number of carbonyl (C=O) groups is 1. The van der Waals surface area contributed by atoms with Crippen LogP contribution in [0.4, 0.5) is 0 Å². The SMILES string of the molecule is CC#C[C@@H](CC(=O)O)c1ccc(C)cc1. The number of hydrogen-bond acceptors (Lipinski definition) is 1. The molecule has 0 aromatic heterocycles. The summed E-state index contributed by atoms with van der Waals surface area (Å²) in [6.07, 6.45) is 0.0594. The highest BCUT2D eigenvalue weighted by molar-refractivity contribution is 5.68. The molecular formula is C13H14O2. The van der Waals surface area contributed by atoms with Crippen LogP contribution in [0.2, 0.25) is 0 Å². The van der Waals surface area contributed by atoms with E-state index in [0.717, 1.165) is 11.1 Å². The molecule has 0 spiro atoms. The highest BCUT2D eigenvalue weighted by Crippen LogP contribution is 2.19. The number of hydrogen-bond donors (Lipinski definition) is 1. The van der Waals surface area contributed by atoms with E-state index in [9.17, 15) is 4.79 Å². The Kier molecular flexibility index (Phi) is 3.93. The van der Waals surface area contributed by atoms with Gasteiger partial charge in [-0.25, -0.2) is 0 Å². The topological polar surface area (TPSA) is 37.3 Å². The minimum absolute atomic E-state index is 0.0594. The zero-order chi connectivity index (χ0) is 11.3. The molecule has 0 aliphatic heterocycles. The van der Waals surface area contributed by atoms with Gasteiger partial charge in [0.05, 0.1) is 12.3 Å². The third-order valence-electron chi connectivity index (χ3n) is 2.18. The molecular weight excluding hydrogens is 188 g/mol. The molecule has 1 N–H and O–H groups in total. The Morgan fingerprint density at radius 1 is 1.40 bits per heavy atom. The average molecular weight is 202 g/mol. The lowest BCUT2D eigenvalue weighted by atomic mass is 9.95. The van der Waals surface area contributed by atoms with Crippen molar-refractivity contribution in [3.05, 3.63) is 35.4 Å². The molecule has 15 heavy (non-hydrogen) atoms. The predicted molar refractivity (Wildman–Crippen MR) is 59.6 cm³/mol. The normalized spacial score (nSPS) is 11.3. The molecule has 1 rings (SSSR count). The average Bonchev–Trinajstić information content (AvgIpc) is 2.17. The van der Waals surface area contributed by atoms with Crippen molar-refractivity contribution >= 4 is 5.97 Å². The quantitative estimate of drug-likeness (QED) is 0.765. The largest absolute Gasteiger partial charge is 0.481 e. The van der Waals surface area contributed by atoms with Gasteiger partial charge in [-0.1, -0.05) is 35.7 Å². The molecule has 0 saturated carbocycles. The van der Waals surface area contributed by atoms with Crippen LogP contribution < -0.4 is 0 Å². The van der Waals surface area contributed by atoms with Gasteiger partial charge in [-0.3, -0.25) is 4.79 Å². The zero-order valence-electron chi connectivity index (χ0n) is 8.95. The summed E-state index contributed by atoms with van der Waals surface area (Å²) in [5.74, 6) is 4.67. The van der Waals surface area contributed by atoms with Crippen molar-refractivity contribution in [1.29, 1.82) is 0 Å². The first-order valence-corrected chi connectivity index (χ1v) is 4.84. The summed E-state index contributed by atoms with van der Waals surface area (Å²) in [7, 11) is 0. The second-order valence-electron chi connectivity index (χ2n) is 3.46. The van der Waals surface area contributed by atoms with E-state index in [1.54, 1.807) is 6.92 Å². The summed E-state index contributed by atoms with van der Waals surface area (Å²) in [5, 5.41) is 8.76. The van der Waals surface area contributed by atoms with Crippen LogP contribution in [0.5, 0.6) is 0 Å². The van der Waals surface area contributed by atoms with E-state index in [1.807, 2.05) is 31.2 Å². The number of aryl methyl sites for hydroxylation is 1. The molecule has 0 saturated heterocycles. The number of carboxylic acid groups (broad SMARTS) is 1. The maximum absolute atomic E-state index is 10.7. The molecule has 0 unspecified atom stereocenters. The van der Waals surface area contributed by atoms with E-state index in [0.29, 0.717) is 0 Å². The van der Waals surface area contributed by atoms with Gasteiger partial charge in [0, 0.05) is 0 Å². The van der Waals surface area contributed by atoms with Gasteiger partial charge in [-0.2, -0.15) is 0 Å². The fraction of sp³-hybridized carbons (Fsp3) is 0.308. The third-order valence-corrected chi connectivity index (χ3v) is 2.18. The van der Waals surface area contributed by atoms with Crippen molar-refractivity contribution in [2.24, 2.45) is 0 Å². The van der Waals surface area contributed by atoms with Crippen molar-refractivity contribution in [3.8, 4) is 11.8 Å². The van der Waals surface area contributed by atoms with Gasteiger partial charge in [0.15, 0.2) is 0 Å². The Balaban J connectivity index is 2.92. The van der Waals surface area contributed by atoms with E-state index >= 15 is 0 Å². The molecule has 1 aromatic rings. The molecule has 0 fully saturated rings. The first-order valence-electron chi connectivity index (χ1n) is 4.84. The van der Waals surface area contributed by atoms with Crippen molar-refractivity contribution in [1.82, 2.24) is 0 Å². The van der Waals surface area contributed by atoms with Gasteiger partial charge >= 0.3 is 5.97 Å². The van der Waals surface area contributed by atoms with Crippen molar-refractivity contribution < 1.29 is 9.90 Å². The first kappa shape index (κ1) is 11.3. The monoisotopic (exact) mass is 202 g/mol. The molecule has 78 valence electrons. The molecule has 0 heterocycles. The number of aliphatic carboxylic acids is 1. The minimum atomic E-state index is -0.816. The number of benzene rings is 1. The first-order chi connectivity index (χ1) is 7.13. The standard InChI is InChI=1S/C13H14O2/c1-3-4-12(9-13(14)15)11-7-5-10(2)6-8-11/h5-8,12H,9H2,1-2H3,(H,14,15)/t12-/m0/s1. The third kappa shape index (κ3) is 3.47. The van der Waals surface area contributed by atoms with Crippen LogP contribution >= 0.6 is 0 Å². The maximum atomic E-state index is 10.7. The van der Waals surface area contributed by atoms with Crippen LogP contribution in [0.1, 0.15) is 30.4 Å². The van der Waals surface area contributed by atoms with E-state index < -0.39 is 5.97 Å². The molecule has 0 amide bonds. The molecule has 1 aromatic carbocycles. The summed E-state index contributed by atoms with van der Waals surface area (Å²) >= 11 is 0. The Hall–Kier alpha value is -1.75. The van der Waals surface area contributed by atoms with Gasteiger partial charge in [-0.15, -0.1) is 5.92 Å². The lowest BCUT2D eigenvalue weighted by Gasteiger charge is -2.08. The number of carboxylic acids is 1. The van der Waals surface area contributed by atoms with Crippen LogP contribution in [0.25, 0.3) is 0 Å². The molecule has 2 heteroatoms. The Morgan fingerprint density at radius 2 is 2.00 bits per heavy atom. The summed E-state index contributed by atoms with van der Waals surface area (Å²) in [6, 6.07) is 7.82. The zero-order valence-corrected chi connectivity index (χ0v) is 8.95. The maximum Gasteiger partial charge on any atom is 0.304 e. The Labute approximate surface area is 89.9 Å². The molecule has 1 atom stereocenters. The summed E-state index contributed by atoms with van der Waals surface area (Å²) < 4.78 is 0. The van der Waals surface area contributed by atoms with Gasteiger partial charge in [0.25, 0.3) is 0 Å². The second-order valence-corrected chi connectivity index (χ2v) is 3.46. The van der Waals surface area contributed by atoms with Crippen LogP contribution in [0.15, 0.2) is 24.3 Å². The van der Waals surface area contributed by atoms with Crippen molar-refractivity contribution in [3.63, 3.8) is 0 Å². The summed E-state index contributed by atoms with van der Waals surface area (Å²) in [5.41, 5.74) is 2.13. The number of rotatable bonds is 3. The lowest BCUT2D eigenvalue weighted by Crippen LogP contribution is -2.04. The van der Waals surface area contributed by atoms with Crippen LogP contribution in [0.3, 0.4) is 0 Å². The molecule has 0 bridgehead atoms. The predicted octanol–water partition coefficient (Wildman–Crippen LogP) is 2.58. The second kappa shape index (κ2) is 5.21. The molecule has 2 nitrogen and oxygen atoms in total. The molecule has 0 aliphatic carbocycles. The van der Waals surface area contributed by atoms with Gasteiger partial charge in [0.2, 0.25) is 0 Å². The van der Waals surface area contributed by atoms with E-state index in [4.69, 9.17) is 5.11 Å². The van der Waals surface area contributed by atoms with Crippen molar-refractivity contribution in [2.75, 3.05) is 0 Å². The molecule has 0 aliphatic rings. The van der Waals surface area contributed by atoms with Crippen LogP contribution in [-0.4, -0.2) is 11.1 Å². The van der Waals surface area contributed by atoms with E-state index in [2.05, 4.69) is 11.8 Å². The van der Waals surface area contributed by atoms with Crippen LogP contribution in [-0.2, 0) is 4.79 Å². The van der Waals surface area contributed by atoms with Gasteiger partial charge < -0.3 is 5.11 Å². The highest BCUT2D eigenvalue weighted by Gasteiger charge is 2.12. The Morgan fingerprint density at radius 3 is 2.47 bits per heavy atom.